The van der Waals surface area contributed by atoms with E-state index in [1.54, 1.807) is 6.07 Å². The molecular formula is C16H22FNO. The second-order valence-corrected chi connectivity index (χ2v) is 6.33. The Morgan fingerprint density at radius 1 is 1.32 bits per heavy atom. The van der Waals surface area contributed by atoms with E-state index in [4.69, 9.17) is 0 Å². The van der Waals surface area contributed by atoms with Gasteiger partial charge < -0.3 is 4.90 Å². The lowest BCUT2D eigenvalue weighted by atomic mass is 9.75. The molecule has 1 aromatic rings. The van der Waals surface area contributed by atoms with Gasteiger partial charge in [-0.1, -0.05) is 13.8 Å². The topological polar surface area (TPSA) is 20.3 Å². The Kier molecular flexibility index (Phi) is 3.93. The molecule has 0 aliphatic heterocycles. The van der Waals surface area contributed by atoms with Gasteiger partial charge in [0.25, 0.3) is 0 Å². The van der Waals surface area contributed by atoms with Gasteiger partial charge in [-0.2, -0.15) is 0 Å². The van der Waals surface area contributed by atoms with Crippen LogP contribution in [-0.2, 0) is 0 Å². The fourth-order valence-corrected chi connectivity index (χ4v) is 2.91. The maximum Gasteiger partial charge on any atom is 0.152 e. The number of nitrogens with zero attached hydrogens (tertiary/aromatic N) is 1. The Morgan fingerprint density at radius 2 is 1.95 bits per heavy atom. The summed E-state index contributed by atoms with van der Waals surface area (Å²) < 4.78 is 13.2. The Labute approximate surface area is 114 Å². The van der Waals surface area contributed by atoms with E-state index < -0.39 is 0 Å². The first-order valence-corrected chi connectivity index (χ1v) is 6.90. The Balaban J connectivity index is 2.16. The average molecular weight is 263 g/mol. The monoisotopic (exact) mass is 263 g/mol. The van der Waals surface area contributed by atoms with Crippen LogP contribution in [0.5, 0.6) is 0 Å². The number of halogens is 1. The summed E-state index contributed by atoms with van der Waals surface area (Å²) in [6, 6.07) is 4.88. The molecule has 1 aliphatic carbocycles. The van der Waals surface area contributed by atoms with E-state index in [1.807, 2.05) is 7.05 Å². The molecule has 19 heavy (non-hydrogen) atoms. The van der Waals surface area contributed by atoms with Crippen molar-refractivity contribution in [2.45, 2.75) is 45.6 Å². The van der Waals surface area contributed by atoms with Gasteiger partial charge in [0, 0.05) is 24.3 Å². The third-order valence-electron chi connectivity index (χ3n) is 4.35. The van der Waals surface area contributed by atoms with E-state index in [1.165, 1.54) is 25.0 Å². The van der Waals surface area contributed by atoms with Crippen LogP contribution >= 0.6 is 0 Å². The third-order valence-corrected chi connectivity index (χ3v) is 4.35. The van der Waals surface area contributed by atoms with Crippen molar-refractivity contribution in [2.24, 2.45) is 5.41 Å². The zero-order chi connectivity index (χ0) is 14.0. The number of carbonyl (C=O) groups is 1. The normalized spacial score (nSPS) is 19.2. The molecule has 0 atom stereocenters. The Hall–Kier alpha value is -1.38. The van der Waals surface area contributed by atoms with Crippen molar-refractivity contribution in [3.8, 4) is 0 Å². The number of rotatable bonds is 3. The largest absolute Gasteiger partial charge is 0.371 e. The van der Waals surface area contributed by atoms with Crippen LogP contribution in [0.15, 0.2) is 18.2 Å². The molecule has 0 bridgehead atoms. The van der Waals surface area contributed by atoms with Crippen LogP contribution in [0, 0.1) is 11.2 Å². The van der Waals surface area contributed by atoms with Crippen molar-refractivity contribution in [1.82, 2.24) is 0 Å². The fourth-order valence-electron chi connectivity index (χ4n) is 2.91. The minimum absolute atomic E-state index is 0.357. The van der Waals surface area contributed by atoms with Crippen molar-refractivity contribution < 1.29 is 9.18 Å². The molecule has 0 radical (unpaired) electrons. The average Bonchev–Trinajstić information content (AvgIpc) is 2.37. The van der Waals surface area contributed by atoms with Crippen LogP contribution in [0.1, 0.15) is 49.9 Å². The van der Waals surface area contributed by atoms with Gasteiger partial charge in [-0.25, -0.2) is 4.39 Å². The highest BCUT2D eigenvalue weighted by atomic mass is 19.1. The van der Waals surface area contributed by atoms with E-state index in [9.17, 15) is 9.18 Å². The van der Waals surface area contributed by atoms with E-state index in [0.29, 0.717) is 17.0 Å². The third kappa shape index (κ3) is 3.14. The van der Waals surface area contributed by atoms with Gasteiger partial charge in [-0.3, -0.25) is 4.79 Å². The Morgan fingerprint density at radius 3 is 2.53 bits per heavy atom. The Bertz CT molecular complexity index is 460. The number of benzene rings is 1. The van der Waals surface area contributed by atoms with E-state index in [0.717, 1.165) is 24.8 Å². The summed E-state index contributed by atoms with van der Waals surface area (Å²) in [6.07, 6.45) is 5.37. The molecule has 1 aliphatic rings. The molecule has 2 nitrogen and oxygen atoms in total. The quantitative estimate of drug-likeness (QED) is 0.767. The summed E-state index contributed by atoms with van der Waals surface area (Å²) in [7, 11) is 2.00. The van der Waals surface area contributed by atoms with Crippen molar-refractivity contribution in [3.63, 3.8) is 0 Å². The maximum atomic E-state index is 13.2. The number of hydrogen-bond acceptors (Lipinski definition) is 2. The standard InChI is InChI=1S/C16H22FNO/c1-16(2)8-6-14(7-9-16)18(3)15-5-4-13(17)10-12(15)11-19/h4-5,10-11,14H,6-9H2,1-3H3. The van der Waals surface area contributed by atoms with E-state index in [2.05, 4.69) is 18.7 Å². The van der Waals surface area contributed by atoms with Gasteiger partial charge in [0.15, 0.2) is 6.29 Å². The number of aldehydes is 1. The SMILES string of the molecule is CN(c1ccc(F)cc1C=O)C1CCC(C)(C)CC1. The summed E-state index contributed by atoms with van der Waals surface area (Å²) in [5, 5.41) is 0. The van der Waals surface area contributed by atoms with Crippen molar-refractivity contribution in [3.05, 3.63) is 29.6 Å². The van der Waals surface area contributed by atoms with Crippen LogP contribution in [0.3, 0.4) is 0 Å². The summed E-state index contributed by atoms with van der Waals surface area (Å²) in [6.45, 7) is 4.61. The minimum Gasteiger partial charge on any atom is -0.371 e. The lowest BCUT2D eigenvalue weighted by Crippen LogP contribution is -2.37. The first kappa shape index (κ1) is 14.0. The molecule has 0 heterocycles. The van der Waals surface area contributed by atoms with Crippen molar-refractivity contribution >= 4 is 12.0 Å². The van der Waals surface area contributed by atoms with Crippen LogP contribution in [0.4, 0.5) is 10.1 Å². The van der Waals surface area contributed by atoms with Gasteiger partial charge in [0.1, 0.15) is 5.82 Å². The molecule has 3 heteroatoms. The first-order chi connectivity index (χ1) is 8.93. The zero-order valence-electron chi connectivity index (χ0n) is 11.9. The smallest absolute Gasteiger partial charge is 0.152 e. The number of anilines is 1. The molecule has 0 spiro atoms. The minimum atomic E-state index is -0.357. The summed E-state index contributed by atoms with van der Waals surface area (Å²) in [5.74, 6) is -0.357. The molecule has 2 rings (SSSR count). The highest BCUT2D eigenvalue weighted by molar-refractivity contribution is 5.84. The summed E-state index contributed by atoms with van der Waals surface area (Å²) in [4.78, 5) is 13.2. The molecule has 1 fully saturated rings. The molecule has 1 saturated carbocycles. The molecule has 0 unspecified atom stereocenters. The van der Waals surface area contributed by atoms with Gasteiger partial charge in [0.05, 0.1) is 0 Å². The van der Waals surface area contributed by atoms with Crippen LogP contribution in [0.25, 0.3) is 0 Å². The molecule has 0 N–H and O–H groups in total. The van der Waals surface area contributed by atoms with Gasteiger partial charge in [-0.15, -0.1) is 0 Å². The van der Waals surface area contributed by atoms with Gasteiger partial charge >= 0.3 is 0 Å². The molecule has 104 valence electrons. The molecule has 0 amide bonds. The van der Waals surface area contributed by atoms with Crippen LogP contribution < -0.4 is 4.90 Å². The fraction of sp³-hybridized carbons (Fsp3) is 0.562. The predicted octanol–water partition coefficient (Wildman–Crippen LogP) is 4.04. The van der Waals surface area contributed by atoms with E-state index >= 15 is 0 Å². The lowest BCUT2D eigenvalue weighted by molar-refractivity contribution is 0.112. The summed E-state index contributed by atoms with van der Waals surface area (Å²) in [5.41, 5.74) is 1.70. The first-order valence-electron chi connectivity index (χ1n) is 6.90. The van der Waals surface area contributed by atoms with E-state index in [-0.39, 0.29) is 5.82 Å². The molecule has 0 aromatic heterocycles. The second-order valence-electron chi connectivity index (χ2n) is 6.33. The predicted molar refractivity (Wildman–Crippen MR) is 76.2 cm³/mol. The van der Waals surface area contributed by atoms with Crippen LogP contribution in [0.2, 0.25) is 0 Å². The van der Waals surface area contributed by atoms with Gasteiger partial charge in [0.2, 0.25) is 0 Å². The number of hydrogen-bond donors (Lipinski definition) is 0. The molecule has 0 saturated heterocycles. The molecular weight excluding hydrogens is 241 g/mol. The van der Waals surface area contributed by atoms with Crippen molar-refractivity contribution in [1.29, 1.82) is 0 Å². The highest BCUT2D eigenvalue weighted by Crippen LogP contribution is 2.38. The second kappa shape index (κ2) is 5.32. The van der Waals surface area contributed by atoms with Crippen LogP contribution in [-0.4, -0.2) is 19.4 Å². The van der Waals surface area contributed by atoms with Crippen molar-refractivity contribution in [2.75, 3.05) is 11.9 Å². The highest BCUT2D eigenvalue weighted by Gasteiger charge is 2.29. The molecule has 1 aromatic carbocycles. The maximum absolute atomic E-state index is 13.2. The number of carbonyl (C=O) groups excluding carboxylic acids is 1. The van der Waals surface area contributed by atoms with Gasteiger partial charge in [-0.05, 0) is 49.3 Å². The lowest BCUT2D eigenvalue weighted by Gasteiger charge is -2.39. The summed E-state index contributed by atoms with van der Waals surface area (Å²) >= 11 is 0. The zero-order valence-corrected chi connectivity index (χ0v) is 11.9.